The average Bonchev–Trinajstić information content (AvgIpc) is 3.17. The van der Waals surface area contributed by atoms with Gasteiger partial charge in [0.25, 0.3) is 11.1 Å². The molecule has 1 N–H and O–H groups in total. The normalized spacial score (nSPS) is 14.0. The molecule has 0 aromatic heterocycles. The first-order valence-electron chi connectivity index (χ1n) is 11.0. The number of nitrogens with one attached hydrogen (secondary N) is 1. The van der Waals surface area contributed by atoms with Gasteiger partial charge in [-0.1, -0.05) is 12.1 Å². The molecular weight excluding hydrogens is 496 g/mol. The molecule has 0 unspecified atom stereocenters. The second-order valence-electron chi connectivity index (χ2n) is 7.73. The van der Waals surface area contributed by atoms with Crippen molar-refractivity contribution in [2.45, 2.75) is 0 Å². The Hall–Kier alpha value is -4.57. The highest BCUT2D eigenvalue weighted by Gasteiger charge is 2.36. The lowest BCUT2D eigenvalue weighted by atomic mass is 10.2. The van der Waals surface area contributed by atoms with Crippen molar-refractivity contribution in [3.63, 3.8) is 0 Å². The third kappa shape index (κ3) is 6.36. The van der Waals surface area contributed by atoms with Crippen molar-refractivity contribution >= 4 is 46.5 Å². The molecule has 37 heavy (non-hydrogen) atoms. The molecule has 1 heterocycles. The summed E-state index contributed by atoms with van der Waals surface area (Å²) in [6.07, 6.45) is 1.54. The van der Waals surface area contributed by atoms with Crippen LogP contribution in [0.25, 0.3) is 6.08 Å². The predicted octanol–water partition coefficient (Wildman–Crippen LogP) is 4.60. The molecule has 0 aliphatic carbocycles. The summed E-state index contributed by atoms with van der Waals surface area (Å²) in [6.45, 7) is -0.408. The molecule has 0 saturated carbocycles. The molecule has 3 aromatic rings. The number of amides is 3. The summed E-state index contributed by atoms with van der Waals surface area (Å²) in [5.41, 5.74) is 1.51. The second kappa shape index (κ2) is 11.4. The lowest BCUT2D eigenvalue weighted by Crippen LogP contribution is -2.36. The van der Waals surface area contributed by atoms with Crippen molar-refractivity contribution in [2.24, 2.45) is 0 Å². The van der Waals surface area contributed by atoms with Crippen molar-refractivity contribution in [3.8, 4) is 17.2 Å². The monoisotopic (exact) mass is 518 g/mol. The summed E-state index contributed by atoms with van der Waals surface area (Å²) >= 11 is 0.751. The van der Waals surface area contributed by atoms with Crippen molar-refractivity contribution < 1.29 is 33.4 Å². The van der Waals surface area contributed by atoms with Gasteiger partial charge in [-0.25, -0.2) is 4.79 Å². The lowest BCUT2D eigenvalue weighted by Gasteiger charge is -2.12. The van der Waals surface area contributed by atoms with Crippen LogP contribution in [0.1, 0.15) is 15.9 Å². The van der Waals surface area contributed by atoms with E-state index in [-0.39, 0.29) is 4.91 Å². The molecule has 0 atom stereocenters. The van der Waals surface area contributed by atoms with Gasteiger partial charge in [0.15, 0.2) is 0 Å². The van der Waals surface area contributed by atoms with Gasteiger partial charge in [-0.05, 0) is 84.1 Å². The van der Waals surface area contributed by atoms with Crippen LogP contribution >= 0.6 is 11.8 Å². The van der Waals surface area contributed by atoms with E-state index in [4.69, 9.17) is 14.2 Å². The van der Waals surface area contributed by atoms with Gasteiger partial charge in [-0.15, -0.1) is 0 Å². The number of carbonyl (C=O) groups excluding carboxylic acids is 4. The van der Waals surface area contributed by atoms with E-state index in [1.165, 1.54) is 14.2 Å². The number of nitrogens with zero attached hydrogens (tertiary/aromatic N) is 1. The largest absolute Gasteiger partial charge is 0.497 e. The van der Waals surface area contributed by atoms with Gasteiger partial charge in [-0.2, -0.15) is 0 Å². The standard InChI is InChI=1S/C27H22N2O7S/c1-34-20-11-5-18(6-12-20)26(32)36-22-9-3-17(4-10-22)15-23-25(31)29(27(33)37-23)16-24(30)28-19-7-13-21(35-2)14-8-19/h3-15H,16H2,1-2H3,(H,28,30)/b23-15+. The molecule has 9 nitrogen and oxygen atoms in total. The Balaban J connectivity index is 1.36. The number of hydrogen-bond donors (Lipinski definition) is 1. The number of anilines is 1. The predicted molar refractivity (Wildman–Crippen MR) is 139 cm³/mol. The number of thioether (sulfide) groups is 1. The molecule has 1 aliphatic heterocycles. The van der Waals surface area contributed by atoms with Gasteiger partial charge >= 0.3 is 5.97 Å². The van der Waals surface area contributed by atoms with Crippen LogP contribution in [-0.4, -0.2) is 48.7 Å². The Kier molecular flexibility index (Phi) is 7.89. The van der Waals surface area contributed by atoms with Gasteiger partial charge in [0.1, 0.15) is 23.8 Å². The Labute approximate surface area is 217 Å². The van der Waals surface area contributed by atoms with E-state index in [2.05, 4.69) is 5.32 Å². The van der Waals surface area contributed by atoms with E-state index < -0.39 is 29.6 Å². The summed E-state index contributed by atoms with van der Waals surface area (Å²) in [5.74, 6) is -0.00181. The maximum Gasteiger partial charge on any atom is 0.343 e. The maximum atomic E-state index is 12.7. The van der Waals surface area contributed by atoms with E-state index in [0.29, 0.717) is 34.1 Å². The highest BCUT2D eigenvalue weighted by Crippen LogP contribution is 2.32. The molecule has 1 saturated heterocycles. The second-order valence-corrected chi connectivity index (χ2v) is 8.72. The summed E-state index contributed by atoms with van der Waals surface area (Å²) < 4.78 is 15.5. The fourth-order valence-electron chi connectivity index (χ4n) is 3.33. The Morgan fingerprint density at radius 3 is 2.00 bits per heavy atom. The molecule has 1 aliphatic rings. The molecule has 188 valence electrons. The van der Waals surface area contributed by atoms with Crippen LogP contribution in [0.5, 0.6) is 17.2 Å². The summed E-state index contributed by atoms with van der Waals surface area (Å²) in [5, 5.41) is 2.11. The first-order valence-corrected chi connectivity index (χ1v) is 11.8. The molecule has 1 fully saturated rings. The van der Waals surface area contributed by atoms with Crippen LogP contribution < -0.4 is 19.5 Å². The molecule has 0 bridgehead atoms. The van der Waals surface area contributed by atoms with Gasteiger partial charge in [0.05, 0.1) is 24.7 Å². The van der Waals surface area contributed by atoms with E-state index in [9.17, 15) is 19.2 Å². The number of imide groups is 1. The average molecular weight is 519 g/mol. The molecule has 3 amide bonds. The van der Waals surface area contributed by atoms with Gasteiger partial charge in [-0.3, -0.25) is 19.3 Å². The van der Waals surface area contributed by atoms with Crippen molar-refractivity contribution in [1.82, 2.24) is 4.90 Å². The fourth-order valence-corrected chi connectivity index (χ4v) is 4.17. The molecule has 10 heteroatoms. The minimum atomic E-state index is -0.560. The van der Waals surface area contributed by atoms with Gasteiger partial charge in [0, 0.05) is 5.69 Å². The number of benzene rings is 3. The zero-order chi connectivity index (χ0) is 26.4. The van der Waals surface area contributed by atoms with Crippen LogP contribution in [0.4, 0.5) is 10.5 Å². The van der Waals surface area contributed by atoms with Gasteiger partial charge < -0.3 is 19.5 Å². The highest BCUT2D eigenvalue weighted by atomic mass is 32.2. The van der Waals surface area contributed by atoms with Gasteiger partial charge in [0.2, 0.25) is 5.91 Å². The van der Waals surface area contributed by atoms with Crippen LogP contribution in [0.2, 0.25) is 0 Å². The third-order valence-electron chi connectivity index (χ3n) is 5.26. The number of esters is 1. The molecular formula is C27H22N2O7S. The SMILES string of the molecule is COc1ccc(NC(=O)CN2C(=O)S/C(=C/c3ccc(OC(=O)c4ccc(OC)cc4)cc3)C2=O)cc1. The number of carbonyl (C=O) groups is 4. The number of methoxy groups -OCH3 is 2. The lowest BCUT2D eigenvalue weighted by molar-refractivity contribution is -0.127. The van der Waals surface area contributed by atoms with Crippen LogP contribution in [0.3, 0.4) is 0 Å². The molecule has 3 aromatic carbocycles. The van der Waals surface area contributed by atoms with E-state index in [1.54, 1.807) is 78.9 Å². The van der Waals surface area contributed by atoms with Crippen LogP contribution in [0, 0.1) is 0 Å². The van der Waals surface area contributed by atoms with Crippen molar-refractivity contribution in [3.05, 3.63) is 88.8 Å². The molecule has 0 spiro atoms. The zero-order valence-corrected chi connectivity index (χ0v) is 20.7. The highest BCUT2D eigenvalue weighted by molar-refractivity contribution is 8.18. The topological polar surface area (TPSA) is 111 Å². The summed E-state index contributed by atoms with van der Waals surface area (Å²) in [7, 11) is 3.07. The Morgan fingerprint density at radius 1 is 0.838 bits per heavy atom. The number of hydrogen-bond acceptors (Lipinski definition) is 8. The molecule has 0 radical (unpaired) electrons. The smallest absolute Gasteiger partial charge is 0.343 e. The van der Waals surface area contributed by atoms with Crippen LogP contribution in [0.15, 0.2) is 77.7 Å². The number of rotatable bonds is 8. The summed E-state index contributed by atoms with van der Waals surface area (Å²) in [4.78, 5) is 50.9. The third-order valence-corrected chi connectivity index (χ3v) is 6.17. The quantitative estimate of drug-likeness (QED) is 0.262. The minimum Gasteiger partial charge on any atom is -0.497 e. The van der Waals surface area contributed by atoms with Crippen molar-refractivity contribution in [2.75, 3.05) is 26.1 Å². The summed E-state index contributed by atoms with van der Waals surface area (Å²) in [6, 6.07) is 19.7. The van der Waals surface area contributed by atoms with Crippen molar-refractivity contribution in [1.29, 1.82) is 0 Å². The zero-order valence-electron chi connectivity index (χ0n) is 19.9. The minimum absolute atomic E-state index is 0.185. The van der Waals surface area contributed by atoms with E-state index >= 15 is 0 Å². The molecule has 4 rings (SSSR count). The van der Waals surface area contributed by atoms with E-state index in [1.807, 2.05) is 0 Å². The maximum absolute atomic E-state index is 12.7. The van der Waals surface area contributed by atoms with E-state index in [0.717, 1.165) is 16.7 Å². The Bertz CT molecular complexity index is 1350. The first kappa shape index (κ1) is 25.5. The fraction of sp³-hybridized carbons (Fsp3) is 0.111. The Morgan fingerprint density at radius 2 is 1.41 bits per heavy atom. The van der Waals surface area contributed by atoms with Crippen LogP contribution in [-0.2, 0) is 9.59 Å². The number of ether oxygens (including phenoxy) is 3. The first-order chi connectivity index (χ1) is 17.9.